The van der Waals surface area contributed by atoms with E-state index in [1.54, 1.807) is 19.2 Å². The van der Waals surface area contributed by atoms with Crippen molar-refractivity contribution in [3.05, 3.63) is 69.6 Å². The van der Waals surface area contributed by atoms with E-state index in [2.05, 4.69) is 5.32 Å². The van der Waals surface area contributed by atoms with Gasteiger partial charge in [-0.15, -0.1) is 0 Å². The van der Waals surface area contributed by atoms with E-state index in [9.17, 15) is 0 Å². The third-order valence-corrected chi connectivity index (χ3v) is 4.28. The molecule has 0 bridgehead atoms. The SMILES string of the molecule is CNC1(c2ccc(-c3ccc(Cl)cc3Cl)cc2Cl)OC=CO1. The molecular formula is C16H12Cl3NO2. The van der Waals surface area contributed by atoms with Crippen LogP contribution in [0.5, 0.6) is 0 Å². The molecule has 0 amide bonds. The maximum atomic E-state index is 6.41. The molecule has 0 unspecified atom stereocenters. The summed E-state index contributed by atoms with van der Waals surface area (Å²) in [6.07, 6.45) is 2.94. The van der Waals surface area contributed by atoms with Crippen LogP contribution < -0.4 is 5.32 Å². The summed E-state index contributed by atoms with van der Waals surface area (Å²) in [6, 6.07) is 10.9. The maximum Gasteiger partial charge on any atom is 0.342 e. The van der Waals surface area contributed by atoms with Crippen LogP contribution in [-0.2, 0) is 15.4 Å². The average molecular weight is 357 g/mol. The lowest BCUT2D eigenvalue weighted by Crippen LogP contribution is -2.41. The van der Waals surface area contributed by atoms with E-state index in [-0.39, 0.29) is 0 Å². The molecule has 0 fully saturated rings. The molecule has 0 saturated carbocycles. The molecule has 1 N–H and O–H groups in total. The van der Waals surface area contributed by atoms with Crippen molar-refractivity contribution in [2.75, 3.05) is 7.05 Å². The van der Waals surface area contributed by atoms with Gasteiger partial charge in [-0.3, -0.25) is 0 Å². The Morgan fingerprint density at radius 2 is 1.64 bits per heavy atom. The quantitative estimate of drug-likeness (QED) is 0.824. The number of hydrogen-bond donors (Lipinski definition) is 1. The van der Waals surface area contributed by atoms with E-state index in [1.807, 2.05) is 24.3 Å². The van der Waals surface area contributed by atoms with Crippen LogP contribution in [0.15, 0.2) is 48.9 Å². The minimum atomic E-state index is -1.10. The summed E-state index contributed by atoms with van der Waals surface area (Å²) >= 11 is 18.6. The van der Waals surface area contributed by atoms with Gasteiger partial charge < -0.3 is 9.47 Å². The van der Waals surface area contributed by atoms with E-state index in [4.69, 9.17) is 44.3 Å². The van der Waals surface area contributed by atoms with E-state index in [1.165, 1.54) is 12.5 Å². The monoisotopic (exact) mass is 355 g/mol. The third kappa shape index (κ3) is 2.66. The molecule has 1 heterocycles. The van der Waals surface area contributed by atoms with Crippen LogP contribution in [0.1, 0.15) is 5.56 Å². The van der Waals surface area contributed by atoms with E-state index in [0.717, 1.165) is 11.1 Å². The second-order valence-electron chi connectivity index (χ2n) is 4.69. The predicted octanol–water partition coefficient (Wildman–Crippen LogP) is 5.16. The summed E-state index contributed by atoms with van der Waals surface area (Å²) in [6.45, 7) is 0. The van der Waals surface area contributed by atoms with Crippen LogP contribution in [0.3, 0.4) is 0 Å². The molecule has 2 aromatic carbocycles. The summed E-state index contributed by atoms with van der Waals surface area (Å²) in [7, 11) is 1.73. The van der Waals surface area contributed by atoms with Gasteiger partial charge in [0, 0.05) is 15.6 Å². The van der Waals surface area contributed by atoms with Crippen LogP contribution in [0, 0.1) is 0 Å². The molecule has 0 spiro atoms. The Balaban J connectivity index is 2.02. The smallest absolute Gasteiger partial charge is 0.342 e. The van der Waals surface area contributed by atoms with Crippen molar-refractivity contribution in [2.45, 2.75) is 5.91 Å². The van der Waals surface area contributed by atoms with Gasteiger partial charge in [0.05, 0.1) is 10.6 Å². The number of ether oxygens (including phenoxy) is 2. The molecule has 0 radical (unpaired) electrons. The molecule has 1 aliphatic rings. The van der Waals surface area contributed by atoms with Crippen molar-refractivity contribution in [1.29, 1.82) is 0 Å². The lowest BCUT2D eigenvalue weighted by molar-refractivity contribution is -0.170. The summed E-state index contributed by atoms with van der Waals surface area (Å²) in [5, 5.41) is 4.63. The summed E-state index contributed by atoms with van der Waals surface area (Å²) in [5.74, 6) is -1.10. The minimum absolute atomic E-state index is 0.501. The van der Waals surface area contributed by atoms with E-state index in [0.29, 0.717) is 20.6 Å². The number of halogens is 3. The summed E-state index contributed by atoms with van der Waals surface area (Å²) in [4.78, 5) is 0. The first-order valence-electron chi connectivity index (χ1n) is 6.51. The fourth-order valence-electron chi connectivity index (χ4n) is 2.33. The van der Waals surface area contributed by atoms with Gasteiger partial charge >= 0.3 is 5.91 Å². The zero-order valence-corrected chi connectivity index (χ0v) is 13.8. The zero-order chi connectivity index (χ0) is 15.7. The van der Waals surface area contributed by atoms with Gasteiger partial charge in [-0.25, -0.2) is 5.32 Å². The van der Waals surface area contributed by atoms with Crippen LogP contribution in [-0.4, -0.2) is 7.05 Å². The Bertz CT molecular complexity index is 738. The highest BCUT2D eigenvalue weighted by atomic mass is 35.5. The van der Waals surface area contributed by atoms with Gasteiger partial charge in [-0.2, -0.15) is 0 Å². The first-order chi connectivity index (χ1) is 10.6. The largest absolute Gasteiger partial charge is 0.441 e. The zero-order valence-electron chi connectivity index (χ0n) is 11.6. The lowest BCUT2D eigenvalue weighted by Gasteiger charge is -2.28. The molecule has 0 aromatic heterocycles. The minimum Gasteiger partial charge on any atom is -0.441 e. The highest BCUT2D eigenvalue weighted by molar-refractivity contribution is 6.36. The molecular weight excluding hydrogens is 345 g/mol. The standard InChI is InChI=1S/C16H12Cl3NO2/c1-20-16(21-6-7-22-16)13-5-2-10(8-15(13)19)12-4-3-11(17)9-14(12)18/h2-9,20H,1H3. The van der Waals surface area contributed by atoms with Crippen LogP contribution in [0.4, 0.5) is 0 Å². The Hall–Kier alpha value is -1.39. The molecule has 22 heavy (non-hydrogen) atoms. The Morgan fingerprint density at radius 3 is 2.23 bits per heavy atom. The first-order valence-corrected chi connectivity index (χ1v) is 7.64. The third-order valence-electron chi connectivity index (χ3n) is 3.42. The average Bonchev–Trinajstić information content (AvgIpc) is 2.97. The summed E-state index contributed by atoms with van der Waals surface area (Å²) in [5.41, 5.74) is 2.41. The molecule has 114 valence electrons. The number of rotatable bonds is 3. The molecule has 6 heteroatoms. The molecule has 3 rings (SSSR count). The van der Waals surface area contributed by atoms with Gasteiger partial charge in [0.25, 0.3) is 0 Å². The molecule has 0 aliphatic carbocycles. The van der Waals surface area contributed by atoms with Crippen LogP contribution in [0.25, 0.3) is 11.1 Å². The van der Waals surface area contributed by atoms with E-state index >= 15 is 0 Å². The highest BCUT2D eigenvalue weighted by Gasteiger charge is 2.38. The maximum absolute atomic E-state index is 6.41. The van der Waals surface area contributed by atoms with Gasteiger partial charge in [0.15, 0.2) is 0 Å². The molecule has 3 nitrogen and oxygen atoms in total. The molecule has 0 saturated heterocycles. The lowest BCUT2D eigenvalue weighted by atomic mass is 10.0. The number of benzene rings is 2. The van der Waals surface area contributed by atoms with Gasteiger partial charge in [0.2, 0.25) is 0 Å². The van der Waals surface area contributed by atoms with Crippen molar-refractivity contribution >= 4 is 34.8 Å². The highest BCUT2D eigenvalue weighted by Crippen LogP contribution is 2.38. The Morgan fingerprint density at radius 1 is 0.909 bits per heavy atom. The van der Waals surface area contributed by atoms with Crippen LogP contribution >= 0.6 is 34.8 Å². The van der Waals surface area contributed by atoms with E-state index < -0.39 is 5.91 Å². The first kappa shape index (κ1) is 15.5. The molecule has 1 aliphatic heterocycles. The summed E-state index contributed by atoms with van der Waals surface area (Å²) < 4.78 is 11.0. The normalized spacial score (nSPS) is 15.5. The fraction of sp³-hybridized carbons (Fsp3) is 0.125. The molecule has 0 atom stereocenters. The van der Waals surface area contributed by atoms with Crippen molar-refractivity contribution in [3.8, 4) is 11.1 Å². The van der Waals surface area contributed by atoms with Crippen LogP contribution in [0.2, 0.25) is 15.1 Å². The second kappa shape index (κ2) is 6.01. The number of nitrogens with one attached hydrogen (secondary N) is 1. The van der Waals surface area contributed by atoms with Gasteiger partial charge in [-0.1, -0.05) is 46.9 Å². The van der Waals surface area contributed by atoms with Gasteiger partial charge in [-0.05, 0) is 36.9 Å². The van der Waals surface area contributed by atoms with Crippen molar-refractivity contribution in [1.82, 2.24) is 5.32 Å². The fourth-order valence-corrected chi connectivity index (χ4v) is 3.15. The van der Waals surface area contributed by atoms with Crippen molar-refractivity contribution in [2.24, 2.45) is 0 Å². The number of hydrogen-bond acceptors (Lipinski definition) is 3. The van der Waals surface area contributed by atoms with Crippen molar-refractivity contribution in [3.63, 3.8) is 0 Å². The van der Waals surface area contributed by atoms with Crippen molar-refractivity contribution < 1.29 is 9.47 Å². The molecule has 2 aromatic rings. The Kier molecular flexibility index (Phi) is 4.24. The predicted molar refractivity (Wildman–Crippen MR) is 89.0 cm³/mol. The van der Waals surface area contributed by atoms with Gasteiger partial charge in [0.1, 0.15) is 12.5 Å². The Labute approximate surface area is 143 Å². The second-order valence-corrected chi connectivity index (χ2v) is 5.94. The topological polar surface area (TPSA) is 30.5 Å².